The van der Waals surface area contributed by atoms with Crippen LogP contribution in [0, 0.1) is 0 Å². The normalized spacial score (nSPS) is 12.3. The molecule has 0 saturated heterocycles. The summed E-state index contributed by atoms with van der Waals surface area (Å²) in [5.74, 6) is -0.156. The van der Waals surface area contributed by atoms with Gasteiger partial charge in [-0.2, -0.15) is 4.99 Å². The van der Waals surface area contributed by atoms with Crippen molar-refractivity contribution < 1.29 is 9.21 Å². The molecule has 23 heavy (non-hydrogen) atoms. The van der Waals surface area contributed by atoms with Gasteiger partial charge in [0.2, 0.25) is 0 Å². The largest absolute Gasteiger partial charge is 0.451 e. The number of hydrogen-bond acceptors (Lipinski definition) is 3. The average Bonchev–Trinajstić information content (AvgIpc) is 3.09. The van der Waals surface area contributed by atoms with E-state index in [9.17, 15) is 4.79 Å². The van der Waals surface area contributed by atoms with Crippen LogP contribution in [0.2, 0.25) is 5.02 Å². The standard InChI is InChI=1S/C17H11ClN2O2S/c1-20-12-7-6-11(18)9-15(12)23-17(20)19-16(21)14-8-10-4-2-3-5-13(10)22-14/h2-9H,1H3. The van der Waals surface area contributed by atoms with E-state index in [2.05, 4.69) is 4.99 Å². The van der Waals surface area contributed by atoms with Gasteiger partial charge in [0, 0.05) is 17.5 Å². The molecule has 6 heteroatoms. The Balaban J connectivity index is 1.83. The minimum atomic E-state index is -0.394. The molecule has 1 amide bonds. The van der Waals surface area contributed by atoms with Gasteiger partial charge in [0.1, 0.15) is 5.58 Å². The molecule has 0 aliphatic heterocycles. The number of nitrogens with zero attached hydrogens (tertiary/aromatic N) is 2. The Hall–Kier alpha value is -2.37. The lowest BCUT2D eigenvalue weighted by Crippen LogP contribution is -2.12. The Labute approximate surface area is 140 Å². The number of fused-ring (bicyclic) bond motifs is 2. The van der Waals surface area contributed by atoms with E-state index in [-0.39, 0.29) is 5.76 Å². The predicted octanol–water partition coefficient (Wildman–Crippen LogP) is 4.38. The summed E-state index contributed by atoms with van der Waals surface area (Å²) < 4.78 is 8.42. The lowest BCUT2D eigenvalue weighted by Gasteiger charge is -1.94. The minimum Gasteiger partial charge on any atom is -0.451 e. The molecule has 2 heterocycles. The quantitative estimate of drug-likeness (QED) is 0.515. The van der Waals surface area contributed by atoms with Crippen LogP contribution in [0.3, 0.4) is 0 Å². The Morgan fingerprint density at radius 2 is 2.04 bits per heavy atom. The fourth-order valence-electron chi connectivity index (χ4n) is 2.44. The molecule has 114 valence electrons. The zero-order valence-electron chi connectivity index (χ0n) is 12.1. The molecule has 4 rings (SSSR count). The van der Waals surface area contributed by atoms with Gasteiger partial charge in [0.05, 0.1) is 10.2 Å². The Morgan fingerprint density at radius 3 is 2.87 bits per heavy atom. The number of furan rings is 1. The van der Waals surface area contributed by atoms with Crippen molar-refractivity contribution in [1.82, 2.24) is 4.57 Å². The van der Waals surface area contributed by atoms with E-state index in [0.29, 0.717) is 15.4 Å². The molecule has 0 radical (unpaired) electrons. The number of amides is 1. The smallest absolute Gasteiger partial charge is 0.315 e. The van der Waals surface area contributed by atoms with E-state index >= 15 is 0 Å². The molecular formula is C17H11ClN2O2S. The predicted molar refractivity (Wildman–Crippen MR) is 91.9 cm³/mol. The highest BCUT2D eigenvalue weighted by atomic mass is 35.5. The van der Waals surface area contributed by atoms with Crippen LogP contribution in [-0.2, 0) is 7.05 Å². The lowest BCUT2D eigenvalue weighted by molar-refractivity contribution is 0.0973. The summed E-state index contributed by atoms with van der Waals surface area (Å²) in [5.41, 5.74) is 1.66. The van der Waals surface area contributed by atoms with Crippen LogP contribution in [0.1, 0.15) is 10.6 Å². The summed E-state index contributed by atoms with van der Waals surface area (Å²) >= 11 is 7.43. The summed E-state index contributed by atoms with van der Waals surface area (Å²) in [6, 6.07) is 14.8. The molecule has 0 aliphatic rings. The van der Waals surface area contributed by atoms with Crippen LogP contribution in [-0.4, -0.2) is 10.5 Å². The van der Waals surface area contributed by atoms with Crippen molar-refractivity contribution in [3.63, 3.8) is 0 Å². The first-order valence-corrected chi connectivity index (χ1v) is 8.14. The molecule has 4 nitrogen and oxygen atoms in total. The highest BCUT2D eigenvalue weighted by Gasteiger charge is 2.12. The molecule has 0 N–H and O–H groups in total. The number of carbonyl (C=O) groups is 1. The van der Waals surface area contributed by atoms with Gasteiger partial charge in [-0.1, -0.05) is 41.1 Å². The van der Waals surface area contributed by atoms with Crippen LogP contribution in [0.5, 0.6) is 0 Å². The second kappa shape index (κ2) is 5.37. The molecule has 2 aromatic carbocycles. The summed E-state index contributed by atoms with van der Waals surface area (Å²) in [6.45, 7) is 0. The molecule has 0 aliphatic carbocycles. The van der Waals surface area contributed by atoms with E-state index in [4.69, 9.17) is 16.0 Å². The van der Waals surface area contributed by atoms with Crippen molar-refractivity contribution >= 4 is 50.0 Å². The molecule has 0 spiro atoms. The monoisotopic (exact) mass is 342 g/mol. The Morgan fingerprint density at radius 1 is 1.22 bits per heavy atom. The van der Waals surface area contributed by atoms with Crippen molar-refractivity contribution in [1.29, 1.82) is 0 Å². The summed E-state index contributed by atoms with van der Waals surface area (Å²) in [7, 11) is 1.87. The number of rotatable bonds is 1. The number of aryl methyl sites for hydroxylation is 1. The number of aromatic nitrogens is 1. The van der Waals surface area contributed by atoms with Gasteiger partial charge in [-0.15, -0.1) is 0 Å². The van der Waals surface area contributed by atoms with Gasteiger partial charge in [-0.05, 0) is 30.3 Å². The fraction of sp³-hybridized carbons (Fsp3) is 0.0588. The number of halogens is 1. The number of hydrogen-bond donors (Lipinski definition) is 0. The molecule has 0 fully saturated rings. The van der Waals surface area contributed by atoms with Gasteiger partial charge in [0.15, 0.2) is 10.6 Å². The fourth-order valence-corrected chi connectivity index (χ4v) is 3.74. The first kappa shape index (κ1) is 14.2. The third-order valence-corrected chi connectivity index (χ3v) is 4.93. The van der Waals surface area contributed by atoms with Gasteiger partial charge < -0.3 is 8.98 Å². The second-order valence-corrected chi connectivity index (χ2v) is 6.57. The van der Waals surface area contributed by atoms with Crippen molar-refractivity contribution in [2.24, 2.45) is 12.0 Å². The zero-order chi connectivity index (χ0) is 16.0. The summed E-state index contributed by atoms with van der Waals surface area (Å²) in [5, 5.41) is 1.55. The summed E-state index contributed by atoms with van der Waals surface area (Å²) in [6.07, 6.45) is 0. The third kappa shape index (κ3) is 2.48. The molecule has 0 unspecified atom stereocenters. The van der Waals surface area contributed by atoms with Crippen molar-refractivity contribution in [3.8, 4) is 0 Å². The van der Waals surface area contributed by atoms with Crippen molar-refractivity contribution in [2.75, 3.05) is 0 Å². The Kier molecular flexibility index (Phi) is 3.32. The minimum absolute atomic E-state index is 0.238. The molecular weight excluding hydrogens is 332 g/mol. The maximum absolute atomic E-state index is 12.4. The molecule has 0 atom stereocenters. The summed E-state index contributed by atoms with van der Waals surface area (Å²) in [4.78, 5) is 17.2. The number of benzene rings is 2. The lowest BCUT2D eigenvalue weighted by atomic mass is 10.2. The number of thiazole rings is 1. The third-order valence-electron chi connectivity index (χ3n) is 3.60. The van der Waals surface area contributed by atoms with Crippen molar-refractivity contribution in [3.05, 3.63) is 64.1 Å². The van der Waals surface area contributed by atoms with E-state index < -0.39 is 5.91 Å². The second-order valence-electron chi connectivity index (χ2n) is 5.12. The van der Waals surface area contributed by atoms with Crippen LogP contribution in [0.15, 0.2) is 57.9 Å². The van der Waals surface area contributed by atoms with E-state index in [1.807, 2.05) is 54.1 Å². The molecule has 0 bridgehead atoms. The number of carbonyl (C=O) groups excluding carboxylic acids is 1. The van der Waals surface area contributed by atoms with E-state index in [0.717, 1.165) is 15.6 Å². The van der Waals surface area contributed by atoms with Gasteiger partial charge in [-0.3, -0.25) is 4.79 Å². The Bertz CT molecular complexity index is 1090. The average molecular weight is 343 g/mol. The van der Waals surface area contributed by atoms with Crippen LogP contribution < -0.4 is 4.80 Å². The topological polar surface area (TPSA) is 47.5 Å². The highest BCUT2D eigenvalue weighted by Crippen LogP contribution is 2.22. The zero-order valence-corrected chi connectivity index (χ0v) is 13.7. The maximum atomic E-state index is 12.4. The highest BCUT2D eigenvalue weighted by molar-refractivity contribution is 7.16. The SMILES string of the molecule is Cn1c(=NC(=O)c2cc3ccccc3o2)sc2cc(Cl)ccc21. The first-order chi connectivity index (χ1) is 11.1. The molecule has 0 saturated carbocycles. The van der Waals surface area contributed by atoms with Crippen LogP contribution in [0.4, 0.5) is 0 Å². The van der Waals surface area contributed by atoms with Crippen LogP contribution in [0.25, 0.3) is 21.2 Å². The number of para-hydroxylation sites is 1. The van der Waals surface area contributed by atoms with Crippen LogP contribution >= 0.6 is 22.9 Å². The van der Waals surface area contributed by atoms with Gasteiger partial charge in [0.25, 0.3) is 0 Å². The van der Waals surface area contributed by atoms with Crippen molar-refractivity contribution in [2.45, 2.75) is 0 Å². The van der Waals surface area contributed by atoms with E-state index in [1.165, 1.54) is 11.3 Å². The van der Waals surface area contributed by atoms with Gasteiger partial charge in [-0.25, -0.2) is 0 Å². The molecule has 4 aromatic rings. The molecule has 2 aromatic heterocycles. The van der Waals surface area contributed by atoms with Gasteiger partial charge >= 0.3 is 5.91 Å². The first-order valence-electron chi connectivity index (χ1n) is 6.94. The maximum Gasteiger partial charge on any atom is 0.315 e. The van der Waals surface area contributed by atoms with E-state index in [1.54, 1.807) is 6.07 Å².